The van der Waals surface area contributed by atoms with Crippen molar-refractivity contribution >= 4 is 5.91 Å². The zero-order valence-corrected chi connectivity index (χ0v) is 11.8. The van der Waals surface area contributed by atoms with Crippen LogP contribution in [0, 0.1) is 11.7 Å². The van der Waals surface area contributed by atoms with E-state index < -0.39 is 11.6 Å². The minimum atomic E-state index is -0.728. The summed E-state index contributed by atoms with van der Waals surface area (Å²) in [6, 6.07) is 5.38. The molecule has 1 N–H and O–H groups in total. The van der Waals surface area contributed by atoms with E-state index in [2.05, 4.69) is 10.4 Å². The minimum Gasteiger partial charge on any atom is -0.388 e. The lowest BCUT2D eigenvalue weighted by Crippen LogP contribution is -2.33. The summed E-state index contributed by atoms with van der Waals surface area (Å²) in [7, 11) is 0. The van der Waals surface area contributed by atoms with Crippen LogP contribution in [0.1, 0.15) is 13.8 Å². The summed E-state index contributed by atoms with van der Waals surface area (Å²) in [4.78, 5) is 23.3. The average molecular weight is 293 g/mol. The van der Waals surface area contributed by atoms with Crippen molar-refractivity contribution in [2.75, 3.05) is 6.54 Å². The number of carbonyl (C=O) groups excluding carboxylic acids is 1. The van der Waals surface area contributed by atoms with Gasteiger partial charge in [0.15, 0.2) is 0 Å². The van der Waals surface area contributed by atoms with Gasteiger partial charge in [-0.1, -0.05) is 13.8 Å². The van der Waals surface area contributed by atoms with E-state index >= 15 is 0 Å². The molecule has 0 bridgehead atoms. The second-order valence-corrected chi connectivity index (χ2v) is 5.04. The van der Waals surface area contributed by atoms with Crippen molar-refractivity contribution in [2.24, 2.45) is 5.92 Å². The third-order valence-corrected chi connectivity index (χ3v) is 2.70. The van der Waals surface area contributed by atoms with Gasteiger partial charge in [0, 0.05) is 12.1 Å². The molecule has 2 rings (SSSR count). The fourth-order valence-electron chi connectivity index (χ4n) is 1.63. The fourth-order valence-corrected chi connectivity index (χ4v) is 1.63. The van der Waals surface area contributed by atoms with Gasteiger partial charge in [-0.3, -0.25) is 4.79 Å². The van der Waals surface area contributed by atoms with Gasteiger partial charge in [-0.05, 0) is 30.2 Å². The lowest BCUT2D eigenvalue weighted by atomic mass is 10.2. The van der Waals surface area contributed by atoms with Crippen LogP contribution in [0.2, 0.25) is 0 Å². The number of nitrogens with zero attached hydrogens (tertiary/aromatic N) is 2. The van der Waals surface area contributed by atoms with Gasteiger partial charge in [0.25, 0.3) is 0 Å². The molecule has 21 heavy (non-hydrogen) atoms. The molecular weight excluding hydrogens is 277 g/mol. The van der Waals surface area contributed by atoms with Crippen LogP contribution in [0.4, 0.5) is 4.39 Å². The molecule has 0 radical (unpaired) electrons. The zero-order valence-electron chi connectivity index (χ0n) is 11.8. The normalized spacial score (nSPS) is 10.9. The highest BCUT2D eigenvalue weighted by atomic mass is 19.1. The largest absolute Gasteiger partial charge is 0.437 e. The highest BCUT2D eigenvalue weighted by Gasteiger charge is 2.13. The Labute approximate surface area is 120 Å². The summed E-state index contributed by atoms with van der Waals surface area (Å²) < 4.78 is 18.7. The molecule has 1 aromatic heterocycles. The Bertz CT molecular complexity index is 674. The number of rotatable bonds is 5. The second kappa shape index (κ2) is 6.34. The monoisotopic (exact) mass is 293 g/mol. The van der Waals surface area contributed by atoms with Crippen LogP contribution in [-0.4, -0.2) is 22.2 Å². The number of nitrogens with one attached hydrogen (secondary N) is 1. The smallest absolute Gasteiger partial charge is 0.388 e. The highest BCUT2D eigenvalue weighted by molar-refractivity contribution is 5.75. The molecule has 0 saturated carbocycles. The summed E-state index contributed by atoms with van der Waals surface area (Å²) in [5.74, 6) is -1.07. The van der Waals surface area contributed by atoms with Crippen LogP contribution in [0.25, 0.3) is 11.5 Å². The van der Waals surface area contributed by atoms with E-state index in [-0.39, 0.29) is 18.3 Å². The van der Waals surface area contributed by atoms with Crippen molar-refractivity contribution in [3.63, 3.8) is 0 Å². The number of amides is 1. The van der Waals surface area contributed by atoms with Gasteiger partial charge in [-0.25, -0.2) is 9.18 Å². The topological polar surface area (TPSA) is 77.1 Å². The molecule has 1 aromatic carbocycles. The molecular formula is C14H16FN3O3. The van der Waals surface area contributed by atoms with Gasteiger partial charge in [-0.15, -0.1) is 5.10 Å². The van der Waals surface area contributed by atoms with Crippen molar-refractivity contribution in [1.29, 1.82) is 0 Å². The maximum atomic E-state index is 12.8. The third-order valence-electron chi connectivity index (χ3n) is 2.70. The lowest BCUT2D eigenvalue weighted by Gasteiger charge is -2.06. The number of halogens is 1. The van der Waals surface area contributed by atoms with Crippen LogP contribution in [0.5, 0.6) is 0 Å². The molecule has 112 valence electrons. The first-order chi connectivity index (χ1) is 9.95. The molecule has 6 nitrogen and oxygen atoms in total. The van der Waals surface area contributed by atoms with E-state index in [4.69, 9.17) is 4.42 Å². The summed E-state index contributed by atoms with van der Waals surface area (Å²) >= 11 is 0. The van der Waals surface area contributed by atoms with Gasteiger partial charge >= 0.3 is 5.76 Å². The Morgan fingerprint density at radius 3 is 2.67 bits per heavy atom. The predicted molar refractivity (Wildman–Crippen MR) is 74.0 cm³/mol. The van der Waals surface area contributed by atoms with Gasteiger partial charge in [-0.2, -0.15) is 4.68 Å². The van der Waals surface area contributed by atoms with E-state index in [0.717, 1.165) is 4.68 Å². The van der Waals surface area contributed by atoms with Crippen LogP contribution in [0.15, 0.2) is 33.5 Å². The van der Waals surface area contributed by atoms with Crippen molar-refractivity contribution < 1.29 is 13.6 Å². The van der Waals surface area contributed by atoms with Crippen LogP contribution < -0.4 is 11.1 Å². The fraction of sp³-hybridized carbons (Fsp3) is 0.357. The summed E-state index contributed by atoms with van der Waals surface area (Å²) in [5, 5.41) is 6.62. The zero-order chi connectivity index (χ0) is 15.4. The standard InChI is InChI=1S/C14H16FN3O3/c1-9(2)7-16-12(19)8-18-14(20)21-13(17-18)10-3-5-11(15)6-4-10/h3-6,9H,7-8H2,1-2H3,(H,16,19). The van der Waals surface area contributed by atoms with E-state index in [1.165, 1.54) is 24.3 Å². The molecule has 0 aliphatic carbocycles. The summed E-state index contributed by atoms with van der Waals surface area (Å²) in [6.45, 7) is 4.25. The first-order valence-corrected chi connectivity index (χ1v) is 6.56. The molecule has 0 aliphatic rings. The Hall–Kier alpha value is -2.44. The number of aromatic nitrogens is 2. The van der Waals surface area contributed by atoms with E-state index in [1.807, 2.05) is 13.8 Å². The highest BCUT2D eigenvalue weighted by Crippen LogP contribution is 2.15. The van der Waals surface area contributed by atoms with Crippen molar-refractivity contribution in [3.8, 4) is 11.5 Å². The molecule has 1 heterocycles. The maximum absolute atomic E-state index is 12.8. The quantitative estimate of drug-likeness (QED) is 0.904. The van der Waals surface area contributed by atoms with E-state index in [9.17, 15) is 14.0 Å². The van der Waals surface area contributed by atoms with Crippen LogP contribution >= 0.6 is 0 Å². The molecule has 0 atom stereocenters. The number of carbonyl (C=O) groups is 1. The molecule has 0 spiro atoms. The molecule has 7 heteroatoms. The van der Waals surface area contributed by atoms with Gasteiger partial charge in [0.1, 0.15) is 12.4 Å². The Morgan fingerprint density at radius 1 is 1.38 bits per heavy atom. The van der Waals surface area contributed by atoms with Gasteiger partial charge < -0.3 is 9.73 Å². The Kier molecular flexibility index (Phi) is 4.52. The molecule has 1 amide bonds. The number of hydrogen-bond acceptors (Lipinski definition) is 4. The minimum absolute atomic E-state index is 0.0525. The predicted octanol–water partition coefficient (Wildman–Crippen LogP) is 1.41. The van der Waals surface area contributed by atoms with Crippen molar-refractivity contribution in [2.45, 2.75) is 20.4 Å². The SMILES string of the molecule is CC(C)CNC(=O)Cn1nc(-c2ccc(F)cc2)oc1=O. The Balaban J connectivity index is 2.10. The maximum Gasteiger partial charge on any atom is 0.437 e. The molecule has 0 fully saturated rings. The molecule has 0 aliphatic heterocycles. The summed E-state index contributed by atoms with van der Waals surface area (Å²) in [5.41, 5.74) is 0.467. The van der Waals surface area contributed by atoms with Crippen molar-refractivity contribution in [1.82, 2.24) is 15.1 Å². The van der Waals surface area contributed by atoms with Gasteiger partial charge in [0.2, 0.25) is 11.8 Å². The molecule has 2 aromatic rings. The van der Waals surface area contributed by atoms with Crippen LogP contribution in [0.3, 0.4) is 0 Å². The third kappa shape index (κ3) is 4.01. The average Bonchev–Trinajstić information content (AvgIpc) is 2.78. The van der Waals surface area contributed by atoms with Gasteiger partial charge in [0.05, 0.1) is 0 Å². The van der Waals surface area contributed by atoms with Crippen LogP contribution in [-0.2, 0) is 11.3 Å². The molecule has 0 unspecified atom stereocenters. The lowest BCUT2D eigenvalue weighted by molar-refractivity contribution is -0.122. The first kappa shape index (κ1) is 15.0. The Morgan fingerprint density at radius 2 is 2.05 bits per heavy atom. The van der Waals surface area contributed by atoms with E-state index in [0.29, 0.717) is 18.0 Å². The second-order valence-electron chi connectivity index (χ2n) is 5.04. The van der Waals surface area contributed by atoms with E-state index in [1.54, 1.807) is 0 Å². The first-order valence-electron chi connectivity index (χ1n) is 6.56. The molecule has 0 saturated heterocycles. The number of hydrogen-bond donors (Lipinski definition) is 1. The van der Waals surface area contributed by atoms with Crippen molar-refractivity contribution in [3.05, 3.63) is 40.6 Å². The number of benzene rings is 1. The summed E-state index contributed by atoms with van der Waals surface area (Å²) in [6.07, 6.45) is 0.